The summed E-state index contributed by atoms with van der Waals surface area (Å²) in [6, 6.07) is 42.4. The Morgan fingerprint density at radius 3 is 2.38 bits per heavy atom. The number of para-hydroxylation sites is 2. The van der Waals surface area contributed by atoms with Gasteiger partial charge in [-0.3, -0.25) is 0 Å². The molecule has 0 bridgehead atoms. The molecular formula is C34H21N3OS. The van der Waals surface area contributed by atoms with Crippen LogP contribution in [0.1, 0.15) is 0 Å². The van der Waals surface area contributed by atoms with Gasteiger partial charge in [-0.2, -0.15) is 0 Å². The number of nitrogens with zero attached hydrogens (tertiary/aromatic N) is 3. The van der Waals surface area contributed by atoms with E-state index in [4.69, 9.17) is 9.40 Å². The molecule has 5 heteroatoms. The lowest BCUT2D eigenvalue weighted by atomic mass is 10.0. The zero-order valence-electron chi connectivity index (χ0n) is 20.8. The first-order valence-corrected chi connectivity index (χ1v) is 13.6. The van der Waals surface area contributed by atoms with E-state index in [1.807, 2.05) is 18.2 Å². The highest BCUT2D eigenvalue weighted by molar-refractivity contribution is 7.21. The van der Waals surface area contributed by atoms with Crippen molar-refractivity contribution in [2.45, 2.75) is 0 Å². The van der Waals surface area contributed by atoms with Gasteiger partial charge in [-0.1, -0.05) is 72.8 Å². The Kier molecular flexibility index (Phi) is 4.96. The van der Waals surface area contributed by atoms with E-state index < -0.39 is 0 Å². The quantitative estimate of drug-likeness (QED) is 0.232. The first kappa shape index (κ1) is 22.0. The molecule has 8 rings (SSSR count). The molecule has 0 aliphatic carbocycles. The fourth-order valence-corrected chi connectivity index (χ4v) is 6.43. The van der Waals surface area contributed by atoms with Gasteiger partial charge in [0, 0.05) is 16.6 Å². The van der Waals surface area contributed by atoms with Crippen LogP contribution in [-0.4, -0.2) is 9.97 Å². The number of hydrogen-bond donors (Lipinski definition) is 0. The van der Waals surface area contributed by atoms with Gasteiger partial charge in [-0.05, 0) is 64.7 Å². The summed E-state index contributed by atoms with van der Waals surface area (Å²) in [5.41, 5.74) is 6.84. The molecule has 0 aliphatic rings. The summed E-state index contributed by atoms with van der Waals surface area (Å²) in [7, 11) is 0. The van der Waals surface area contributed by atoms with Crippen LogP contribution in [0.5, 0.6) is 0 Å². The highest BCUT2D eigenvalue weighted by atomic mass is 32.1. The fraction of sp³-hybridized carbons (Fsp3) is 0. The van der Waals surface area contributed by atoms with Crippen molar-refractivity contribution in [2.75, 3.05) is 4.90 Å². The third-order valence-corrected chi connectivity index (χ3v) is 8.31. The zero-order chi connectivity index (χ0) is 25.8. The summed E-state index contributed by atoms with van der Waals surface area (Å²) < 4.78 is 6.89. The number of thiazole rings is 1. The van der Waals surface area contributed by atoms with Crippen LogP contribution < -0.4 is 4.90 Å². The third-order valence-electron chi connectivity index (χ3n) is 7.24. The second kappa shape index (κ2) is 8.79. The minimum atomic E-state index is 0.758. The van der Waals surface area contributed by atoms with Crippen LogP contribution in [0.15, 0.2) is 132 Å². The van der Waals surface area contributed by atoms with Crippen molar-refractivity contribution in [3.05, 3.63) is 128 Å². The SMILES string of the molecule is c1ccc2cc(N(c3ccc(-c4nc5ccccc5s4)c4ccccc34)c3cccc4ocnc34)ccc2c1. The van der Waals surface area contributed by atoms with Crippen molar-refractivity contribution in [3.63, 3.8) is 0 Å². The third kappa shape index (κ3) is 3.59. The van der Waals surface area contributed by atoms with E-state index in [1.54, 1.807) is 11.3 Å². The monoisotopic (exact) mass is 519 g/mol. The van der Waals surface area contributed by atoms with Gasteiger partial charge in [0.15, 0.2) is 12.0 Å². The first-order chi connectivity index (χ1) is 19.3. The minimum Gasteiger partial charge on any atom is -0.443 e. The maximum Gasteiger partial charge on any atom is 0.182 e. The molecule has 184 valence electrons. The Labute approximate surface area is 228 Å². The summed E-state index contributed by atoms with van der Waals surface area (Å²) in [6.45, 7) is 0. The molecule has 0 aliphatic heterocycles. The van der Waals surface area contributed by atoms with Crippen molar-refractivity contribution in [1.29, 1.82) is 0 Å². The highest BCUT2D eigenvalue weighted by Crippen LogP contribution is 2.45. The largest absolute Gasteiger partial charge is 0.443 e. The molecule has 0 saturated carbocycles. The number of oxazole rings is 1. The molecule has 0 saturated heterocycles. The van der Waals surface area contributed by atoms with Crippen LogP contribution in [0.2, 0.25) is 0 Å². The van der Waals surface area contributed by atoms with Gasteiger partial charge in [0.2, 0.25) is 0 Å². The van der Waals surface area contributed by atoms with Crippen molar-refractivity contribution >= 4 is 71.3 Å². The molecule has 39 heavy (non-hydrogen) atoms. The lowest BCUT2D eigenvalue weighted by Gasteiger charge is -2.27. The molecular weight excluding hydrogens is 498 g/mol. The van der Waals surface area contributed by atoms with Gasteiger partial charge in [0.25, 0.3) is 0 Å². The van der Waals surface area contributed by atoms with Gasteiger partial charge in [0.1, 0.15) is 10.5 Å². The summed E-state index contributed by atoms with van der Waals surface area (Å²) in [4.78, 5) is 11.9. The lowest BCUT2D eigenvalue weighted by Crippen LogP contribution is -2.11. The molecule has 0 unspecified atom stereocenters. The number of benzene rings is 6. The van der Waals surface area contributed by atoms with Crippen molar-refractivity contribution in [2.24, 2.45) is 0 Å². The zero-order valence-corrected chi connectivity index (χ0v) is 21.6. The number of aromatic nitrogens is 2. The second-order valence-corrected chi connectivity index (χ2v) is 10.5. The molecule has 0 fully saturated rings. The Bertz CT molecular complexity index is 2130. The summed E-state index contributed by atoms with van der Waals surface area (Å²) in [5, 5.41) is 5.71. The maximum absolute atomic E-state index is 5.70. The van der Waals surface area contributed by atoms with E-state index in [2.05, 4.69) is 113 Å². The van der Waals surface area contributed by atoms with E-state index in [0.717, 1.165) is 55.0 Å². The average molecular weight is 520 g/mol. The standard InChI is InChI=1S/C34H21N3OS/c1-2-9-23-20-24(17-16-22(23)8-1)37(30-13-7-14-31-33(30)35-21-38-31)29-19-18-27(25-10-3-4-11-26(25)29)34-36-28-12-5-6-15-32(28)39-34/h1-21H. The van der Waals surface area contributed by atoms with Gasteiger partial charge in [-0.15, -0.1) is 11.3 Å². The second-order valence-electron chi connectivity index (χ2n) is 9.51. The van der Waals surface area contributed by atoms with Gasteiger partial charge in [-0.25, -0.2) is 9.97 Å². The lowest BCUT2D eigenvalue weighted by molar-refractivity contribution is 0.602. The molecule has 2 aromatic heterocycles. The highest BCUT2D eigenvalue weighted by Gasteiger charge is 2.21. The molecule has 2 heterocycles. The minimum absolute atomic E-state index is 0.758. The van der Waals surface area contributed by atoms with E-state index >= 15 is 0 Å². The summed E-state index contributed by atoms with van der Waals surface area (Å²) >= 11 is 1.73. The smallest absolute Gasteiger partial charge is 0.182 e. The predicted molar refractivity (Wildman–Crippen MR) is 162 cm³/mol. The molecule has 0 spiro atoms. The normalized spacial score (nSPS) is 11.6. The molecule has 4 nitrogen and oxygen atoms in total. The van der Waals surface area contributed by atoms with Gasteiger partial charge >= 0.3 is 0 Å². The predicted octanol–water partition coefficient (Wildman–Crippen LogP) is 9.88. The number of hydrogen-bond acceptors (Lipinski definition) is 5. The van der Waals surface area contributed by atoms with Crippen LogP contribution >= 0.6 is 11.3 Å². The summed E-state index contributed by atoms with van der Waals surface area (Å²) in [6.07, 6.45) is 1.51. The van der Waals surface area contributed by atoms with Gasteiger partial charge in [0.05, 0.1) is 21.6 Å². The Morgan fingerprint density at radius 2 is 1.46 bits per heavy atom. The number of anilines is 3. The first-order valence-electron chi connectivity index (χ1n) is 12.8. The van der Waals surface area contributed by atoms with Crippen molar-refractivity contribution in [1.82, 2.24) is 9.97 Å². The van der Waals surface area contributed by atoms with Crippen LogP contribution in [0.3, 0.4) is 0 Å². The molecule has 0 atom stereocenters. The van der Waals surface area contributed by atoms with E-state index in [0.29, 0.717) is 0 Å². The fourth-order valence-electron chi connectivity index (χ4n) is 5.43. The topological polar surface area (TPSA) is 42.2 Å². The molecule has 8 aromatic rings. The van der Waals surface area contributed by atoms with Crippen LogP contribution in [0.4, 0.5) is 17.1 Å². The van der Waals surface area contributed by atoms with Crippen molar-refractivity contribution in [3.8, 4) is 10.6 Å². The van der Waals surface area contributed by atoms with Gasteiger partial charge < -0.3 is 9.32 Å². The van der Waals surface area contributed by atoms with E-state index in [9.17, 15) is 0 Å². The van der Waals surface area contributed by atoms with Crippen LogP contribution in [0.25, 0.3) is 53.4 Å². The number of rotatable bonds is 4. The van der Waals surface area contributed by atoms with E-state index in [-0.39, 0.29) is 0 Å². The molecule has 0 amide bonds. The Balaban J connectivity index is 1.40. The maximum atomic E-state index is 5.70. The van der Waals surface area contributed by atoms with Crippen LogP contribution in [0, 0.1) is 0 Å². The number of fused-ring (bicyclic) bond motifs is 4. The van der Waals surface area contributed by atoms with Crippen LogP contribution in [-0.2, 0) is 0 Å². The van der Waals surface area contributed by atoms with Crippen molar-refractivity contribution < 1.29 is 4.42 Å². The molecule has 0 radical (unpaired) electrons. The average Bonchev–Trinajstić information content (AvgIpc) is 3.65. The Morgan fingerprint density at radius 1 is 0.641 bits per heavy atom. The summed E-state index contributed by atoms with van der Waals surface area (Å²) in [5.74, 6) is 0. The Hall–Kier alpha value is -5.00. The molecule has 6 aromatic carbocycles. The van der Waals surface area contributed by atoms with E-state index in [1.165, 1.54) is 21.9 Å². The molecule has 0 N–H and O–H groups in total.